The summed E-state index contributed by atoms with van der Waals surface area (Å²) in [4.78, 5) is 8.58. The van der Waals surface area contributed by atoms with Crippen LogP contribution in [0.1, 0.15) is 25.5 Å². The van der Waals surface area contributed by atoms with Crippen molar-refractivity contribution in [2.75, 3.05) is 32.7 Å². The van der Waals surface area contributed by atoms with Gasteiger partial charge in [-0.3, -0.25) is 4.99 Å². The van der Waals surface area contributed by atoms with Crippen molar-refractivity contribution in [2.24, 2.45) is 10.7 Å². The van der Waals surface area contributed by atoms with Crippen molar-refractivity contribution in [3.63, 3.8) is 0 Å². The number of phenols is 1. The van der Waals surface area contributed by atoms with Crippen molar-refractivity contribution < 1.29 is 9.50 Å². The Labute approximate surface area is 124 Å². The van der Waals surface area contributed by atoms with Gasteiger partial charge in [0.1, 0.15) is 0 Å². The van der Waals surface area contributed by atoms with Crippen molar-refractivity contribution in [1.82, 2.24) is 9.80 Å². The summed E-state index contributed by atoms with van der Waals surface area (Å²) in [6.07, 6.45) is 0. The highest BCUT2D eigenvalue weighted by molar-refractivity contribution is 5.80. The van der Waals surface area contributed by atoms with E-state index in [9.17, 15) is 9.50 Å². The van der Waals surface area contributed by atoms with E-state index in [1.54, 1.807) is 6.07 Å². The molecule has 1 aliphatic rings. The van der Waals surface area contributed by atoms with Gasteiger partial charge in [-0.25, -0.2) is 4.39 Å². The predicted octanol–water partition coefficient (Wildman–Crippen LogP) is 1.54. The third-order valence-electron chi connectivity index (χ3n) is 4.00. The number of hydrogen-bond donors (Lipinski definition) is 2. The van der Waals surface area contributed by atoms with Crippen molar-refractivity contribution in [3.05, 3.63) is 29.6 Å². The molecule has 0 amide bonds. The van der Waals surface area contributed by atoms with Gasteiger partial charge in [0.25, 0.3) is 0 Å². The molecule has 0 radical (unpaired) electrons. The molecule has 0 aliphatic carbocycles. The number of aliphatic imine (C=N–C) groups is 1. The average Bonchev–Trinajstić information content (AvgIpc) is 2.84. The first-order chi connectivity index (χ1) is 10.1. The lowest BCUT2D eigenvalue weighted by atomic mass is 10.1. The lowest BCUT2D eigenvalue weighted by Gasteiger charge is -2.29. The molecular formula is C15H23FN4O. The van der Waals surface area contributed by atoms with Crippen LogP contribution in [0.2, 0.25) is 0 Å². The van der Waals surface area contributed by atoms with Crippen LogP contribution >= 0.6 is 0 Å². The highest BCUT2D eigenvalue weighted by Crippen LogP contribution is 2.28. The Hall–Kier alpha value is -1.82. The van der Waals surface area contributed by atoms with E-state index in [-0.39, 0.29) is 11.8 Å². The summed E-state index contributed by atoms with van der Waals surface area (Å²) in [5, 5.41) is 9.30. The van der Waals surface area contributed by atoms with Gasteiger partial charge in [0.15, 0.2) is 17.5 Å². The van der Waals surface area contributed by atoms with Gasteiger partial charge in [-0.1, -0.05) is 19.9 Å². The van der Waals surface area contributed by atoms with E-state index < -0.39 is 5.82 Å². The maximum atomic E-state index is 13.5. The Morgan fingerprint density at radius 2 is 2.14 bits per heavy atom. The van der Waals surface area contributed by atoms with E-state index in [4.69, 9.17) is 5.73 Å². The number of rotatable bonds is 6. The Kier molecular flexibility index (Phi) is 5.01. The van der Waals surface area contributed by atoms with E-state index in [0.29, 0.717) is 12.5 Å². The normalized spacial score (nSPS) is 18.4. The standard InChI is InChI=1S/C15H23FN4O/c1-3-19(4-2)7-8-20-13(10-18-15(20)17)11-5-6-14(21)12(16)9-11/h5-6,9,13,21H,3-4,7-8,10H2,1-2H3,(H2,17,18). The number of benzene rings is 1. The second-order valence-corrected chi connectivity index (χ2v) is 5.15. The molecule has 1 aromatic rings. The monoisotopic (exact) mass is 294 g/mol. The molecule has 3 N–H and O–H groups in total. The molecule has 21 heavy (non-hydrogen) atoms. The number of halogens is 1. The predicted molar refractivity (Wildman–Crippen MR) is 81.8 cm³/mol. The first-order valence-electron chi connectivity index (χ1n) is 7.34. The summed E-state index contributed by atoms with van der Waals surface area (Å²) < 4.78 is 13.5. The van der Waals surface area contributed by atoms with Crippen LogP contribution in [-0.4, -0.2) is 53.6 Å². The molecule has 2 rings (SSSR count). The van der Waals surface area contributed by atoms with Gasteiger partial charge in [-0.15, -0.1) is 0 Å². The number of nitrogens with zero attached hydrogens (tertiary/aromatic N) is 3. The zero-order chi connectivity index (χ0) is 15.4. The third-order valence-corrected chi connectivity index (χ3v) is 4.00. The summed E-state index contributed by atoms with van der Waals surface area (Å²) in [7, 11) is 0. The second kappa shape index (κ2) is 6.76. The average molecular weight is 294 g/mol. The smallest absolute Gasteiger partial charge is 0.191 e. The number of hydrogen-bond acceptors (Lipinski definition) is 5. The topological polar surface area (TPSA) is 65.1 Å². The lowest BCUT2D eigenvalue weighted by molar-refractivity contribution is 0.248. The Bertz CT molecular complexity index is 516. The van der Waals surface area contributed by atoms with Crippen LogP contribution in [0.25, 0.3) is 0 Å². The minimum absolute atomic E-state index is 0.0596. The Balaban J connectivity index is 2.10. The number of phenolic OH excluding ortho intramolecular Hbond substituents is 1. The van der Waals surface area contributed by atoms with Gasteiger partial charge in [0.2, 0.25) is 0 Å². The molecule has 1 aliphatic heterocycles. The van der Waals surface area contributed by atoms with Crippen molar-refractivity contribution in [1.29, 1.82) is 0 Å². The van der Waals surface area contributed by atoms with Gasteiger partial charge >= 0.3 is 0 Å². The molecule has 5 nitrogen and oxygen atoms in total. The molecule has 0 spiro atoms. The SMILES string of the molecule is CCN(CC)CCN1C(N)=NCC1c1ccc(O)c(F)c1. The fourth-order valence-corrected chi connectivity index (χ4v) is 2.60. The second-order valence-electron chi connectivity index (χ2n) is 5.15. The maximum absolute atomic E-state index is 13.5. The molecule has 0 aromatic heterocycles. The largest absolute Gasteiger partial charge is 0.505 e. The van der Waals surface area contributed by atoms with Crippen LogP contribution in [0.5, 0.6) is 5.75 Å². The van der Waals surface area contributed by atoms with Crippen LogP contribution in [0.3, 0.4) is 0 Å². The van der Waals surface area contributed by atoms with E-state index in [0.717, 1.165) is 31.7 Å². The minimum atomic E-state index is -0.610. The molecule has 1 atom stereocenters. The van der Waals surface area contributed by atoms with E-state index in [1.807, 2.05) is 4.90 Å². The fraction of sp³-hybridized carbons (Fsp3) is 0.533. The van der Waals surface area contributed by atoms with Crippen LogP contribution in [-0.2, 0) is 0 Å². The summed E-state index contributed by atoms with van der Waals surface area (Å²) in [5.41, 5.74) is 6.74. The highest BCUT2D eigenvalue weighted by atomic mass is 19.1. The quantitative estimate of drug-likeness (QED) is 0.835. The molecule has 1 aromatic carbocycles. The molecule has 6 heteroatoms. The maximum Gasteiger partial charge on any atom is 0.191 e. The molecule has 0 saturated carbocycles. The minimum Gasteiger partial charge on any atom is -0.505 e. The number of aromatic hydroxyl groups is 1. The number of guanidine groups is 1. The van der Waals surface area contributed by atoms with E-state index in [1.165, 1.54) is 12.1 Å². The molecule has 1 heterocycles. The number of nitrogens with two attached hydrogens (primary N) is 1. The van der Waals surface area contributed by atoms with Crippen LogP contribution in [0.4, 0.5) is 4.39 Å². The van der Waals surface area contributed by atoms with Crippen molar-refractivity contribution in [2.45, 2.75) is 19.9 Å². The molecule has 0 saturated heterocycles. The van der Waals surface area contributed by atoms with Crippen LogP contribution < -0.4 is 5.73 Å². The lowest BCUT2D eigenvalue weighted by Crippen LogP contribution is -2.41. The molecule has 0 fully saturated rings. The number of likely N-dealkylation sites (N-methyl/N-ethyl adjacent to an activating group) is 1. The van der Waals surface area contributed by atoms with E-state index >= 15 is 0 Å². The van der Waals surface area contributed by atoms with E-state index in [2.05, 4.69) is 23.7 Å². The zero-order valence-corrected chi connectivity index (χ0v) is 12.6. The van der Waals surface area contributed by atoms with Crippen LogP contribution in [0, 0.1) is 5.82 Å². The molecule has 116 valence electrons. The van der Waals surface area contributed by atoms with Crippen LogP contribution in [0.15, 0.2) is 23.2 Å². The molecule has 1 unspecified atom stereocenters. The summed E-state index contributed by atoms with van der Waals surface area (Å²) in [5.74, 6) is -0.442. The Morgan fingerprint density at radius 1 is 1.43 bits per heavy atom. The summed E-state index contributed by atoms with van der Waals surface area (Å²) >= 11 is 0. The summed E-state index contributed by atoms with van der Waals surface area (Å²) in [6.45, 7) is 8.38. The van der Waals surface area contributed by atoms with Crippen molar-refractivity contribution in [3.8, 4) is 5.75 Å². The first kappa shape index (κ1) is 15.6. The zero-order valence-electron chi connectivity index (χ0n) is 12.6. The third kappa shape index (κ3) is 3.44. The molecular weight excluding hydrogens is 271 g/mol. The van der Waals surface area contributed by atoms with Gasteiger partial charge in [0.05, 0.1) is 12.6 Å². The van der Waals surface area contributed by atoms with Gasteiger partial charge in [0, 0.05) is 13.1 Å². The summed E-state index contributed by atoms with van der Waals surface area (Å²) in [6, 6.07) is 4.40. The fourth-order valence-electron chi connectivity index (χ4n) is 2.60. The van der Waals surface area contributed by atoms with Gasteiger partial charge in [-0.2, -0.15) is 0 Å². The molecule has 0 bridgehead atoms. The Morgan fingerprint density at radius 3 is 2.76 bits per heavy atom. The van der Waals surface area contributed by atoms with Gasteiger partial charge < -0.3 is 20.6 Å². The van der Waals surface area contributed by atoms with Crippen molar-refractivity contribution >= 4 is 5.96 Å². The van der Waals surface area contributed by atoms with Gasteiger partial charge in [-0.05, 0) is 30.8 Å². The highest BCUT2D eigenvalue weighted by Gasteiger charge is 2.28. The first-order valence-corrected chi connectivity index (χ1v) is 7.34.